The van der Waals surface area contributed by atoms with Crippen LogP contribution in [-0.4, -0.2) is 15.7 Å². The van der Waals surface area contributed by atoms with Crippen molar-refractivity contribution in [1.82, 2.24) is 5.48 Å². The monoisotopic (exact) mass is 315 g/mol. The van der Waals surface area contributed by atoms with Crippen molar-refractivity contribution >= 4 is 46.7 Å². The van der Waals surface area contributed by atoms with Gasteiger partial charge < -0.3 is 4.84 Å². The normalized spacial score (nSPS) is 13.4. The van der Waals surface area contributed by atoms with Crippen molar-refractivity contribution in [3.63, 3.8) is 0 Å². The van der Waals surface area contributed by atoms with Gasteiger partial charge in [-0.15, -0.1) is 0 Å². The zero-order valence-corrected chi connectivity index (χ0v) is 12.5. The number of nitrogens with one attached hydrogen (secondary N) is 1. The predicted molar refractivity (Wildman–Crippen MR) is 72.4 cm³/mol. The van der Waals surface area contributed by atoms with Crippen molar-refractivity contribution in [2.75, 3.05) is 0 Å². The minimum absolute atomic E-state index is 0.273. The third-order valence-corrected chi connectivity index (χ3v) is 2.52. The van der Waals surface area contributed by atoms with Crippen molar-refractivity contribution in [3.8, 4) is 0 Å². The van der Waals surface area contributed by atoms with Gasteiger partial charge in [0.25, 0.3) is 0 Å². The first kappa shape index (κ1) is 17.6. The van der Waals surface area contributed by atoms with Gasteiger partial charge in [0, 0.05) is 13.3 Å². The first-order valence-electron chi connectivity index (χ1n) is 5.45. The van der Waals surface area contributed by atoms with Crippen molar-refractivity contribution in [2.45, 2.75) is 36.9 Å². The highest BCUT2D eigenvalue weighted by Gasteiger charge is 2.19. The number of rotatable bonds is 5. The van der Waals surface area contributed by atoms with Gasteiger partial charge in [0.15, 0.2) is 3.79 Å². The molecular weight excluding hydrogens is 300 g/mol. The van der Waals surface area contributed by atoms with Gasteiger partial charge in [0.1, 0.15) is 0 Å². The summed E-state index contributed by atoms with van der Waals surface area (Å²) in [6.07, 6.45) is 4.79. The maximum absolute atomic E-state index is 11.5. The molecule has 0 rings (SSSR count). The van der Waals surface area contributed by atoms with Crippen LogP contribution in [0.15, 0.2) is 12.2 Å². The number of hydrogen-bond donors (Lipinski definition) is 1. The van der Waals surface area contributed by atoms with Crippen molar-refractivity contribution in [2.24, 2.45) is 5.92 Å². The Balaban J connectivity index is 4.10. The molecule has 4 nitrogen and oxygen atoms in total. The molecule has 0 bridgehead atoms. The lowest BCUT2D eigenvalue weighted by molar-refractivity contribution is -0.161. The Morgan fingerprint density at radius 1 is 1.33 bits per heavy atom. The van der Waals surface area contributed by atoms with E-state index in [9.17, 15) is 9.59 Å². The fourth-order valence-corrected chi connectivity index (χ4v) is 1.38. The Bertz CT molecular complexity index is 313. The highest BCUT2D eigenvalue weighted by atomic mass is 35.6. The number of halogens is 3. The molecular formula is C11H16Cl3NO3. The zero-order chi connectivity index (χ0) is 14.2. The Hall–Kier alpha value is -0.450. The van der Waals surface area contributed by atoms with Gasteiger partial charge in [0.05, 0.1) is 5.92 Å². The van der Waals surface area contributed by atoms with Crippen LogP contribution in [0.25, 0.3) is 0 Å². The number of hydrogen-bond acceptors (Lipinski definition) is 3. The summed E-state index contributed by atoms with van der Waals surface area (Å²) in [6.45, 7) is 3.11. The van der Waals surface area contributed by atoms with Crippen LogP contribution in [0.4, 0.5) is 0 Å². The summed E-state index contributed by atoms with van der Waals surface area (Å²) in [5.74, 6) is -1.24. The van der Waals surface area contributed by atoms with E-state index in [1.807, 2.05) is 12.4 Å². The number of allylic oxidation sites excluding steroid dienone is 2. The SMILES string of the molecule is CCC(CC=CCC(Cl)(Cl)Cl)C(=O)ONC(C)=O. The molecule has 0 radical (unpaired) electrons. The van der Waals surface area contributed by atoms with Crippen LogP contribution in [0.5, 0.6) is 0 Å². The molecule has 0 heterocycles. The van der Waals surface area contributed by atoms with Crippen LogP contribution in [0.2, 0.25) is 0 Å². The molecule has 0 fully saturated rings. The standard InChI is InChI=1S/C11H16Cl3NO3/c1-3-9(10(17)18-15-8(2)16)6-4-5-7-11(12,13)14/h4-5,9H,3,6-7H2,1-2H3,(H,15,16). The van der Waals surface area contributed by atoms with Gasteiger partial charge >= 0.3 is 5.97 Å². The van der Waals surface area contributed by atoms with E-state index in [0.29, 0.717) is 12.8 Å². The first-order chi connectivity index (χ1) is 8.26. The molecule has 0 saturated heterocycles. The average Bonchev–Trinajstić information content (AvgIpc) is 2.24. The van der Waals surface area contributed by atoms with Crippen molar-refractivity contribution in [3.05, 3.63) is 12.2 Å². The molecule has 0 aromatic heterocycles. The Labute approximate surface area is 122 Å². The zero-order valence-electron chi connectivity index (χ0n) is 10.2. The van der Waals surface area contributed by atoms with Crippen LogP contribution in [0.1, 0.15) is 33.1 Å². The smallest absolute Gasteiger partial charge is 0.335 e. The molecule has 1 amide bonds. The summed E-state index contributed by atoms with van der Waals surface area (Å²) < 4.78 is -1.32. The Morgan fingerprint density at radius 3 is 2.39 bits per heavy atom. The first-order valence-corrected chi connectivity index (χ1v) is 6.58. The lowest BCUT2D eigenvalue weighted by Gasteiger charge is -2.11. The molecule has 1 unspecified atom stereocenters. The molecule has 1 atom stereocenters. The molecule has 0 aromatic carbocycles. The van der Waals surface area contributed by atoms with Gasteiger partial charge in [-0.1, -0.05) is 53.9 Å². The number of hydroxylamine groups is 1. The number of alkyl halides is 3. The molecule has 1 N–H and O–H groups in total. The van der Waals surface area contributed by atoms with Gasteiger partial charge in [-0.05, 0) is 12.8 Å². The second-order valence-corrected chi connectivity index (χ2v) is 6.23. The van der Waals surface area contributed by atoms with Gasteiger partial charge in [0.2, 0.25) is 5.91 Å². The van der Waals surface area contributed by atoms with Crippen LogP contribution in [0.3, 0.4) is 0 Å². The number of amides is 1. The van der Waals surface area contributed by atoms with Crippen LogP contribution >= 0.6 is 34.8 Å². The van der Waals surface area contributed by atoms with Crippen LogP contribution in [-0.2, 0) is 14.4 Å². The van der Waals surface area contributed by atoms with Crippen LogP contribution < -0.4 is 5.48 Å². The minimum Gasteiger partial charge on any atom is -0.340 e. The third-order valence-electron chi connectivity index (χ3n) is 2.06. The van der Waals surface area contributed by atoms with E-state index in [-0.39, 0.29) is 12.3 Å². The van der Waals surface area contributed by atoms with E-state index in [1.54, 1.807) is 12.2 Å². The number of carbonyl (C=O) groups is 2. The summed E-state index contributed by atoms with van der Waals surface area (Å²) in [6, 6.07) is 0. The van der Waals surface area contributed by atoms with Gasteiger partial charge in [-0.2, -0.15) is 5.48 Å². The van der Waals surface area contributed by atoms with Crippen molar-refractivity contribution in [1.29, 1.82) is 0 Å². The molecule has 0 aliphatic rings. The van der Waals surface area contributed by atoms with Gasteiger partial charge in [-0.25, -0.2) is 4.79 Å². The van der Waals surface area contributed by atoms with E-state index in [4.69, 9.17) is 34.8 Å². The van der Waals surface area contributed by atoms with Gasteiger partial charge in [-0.3, -0.25) is 4.79 Å². The van der Waals surface area contributed by atoms with Crippen LogP contribution in [0, 0.1) is 5.92 Å². The molecule has 0 aliphatic carbocycles. The molecule has 0 aliphatic heterocycles. The lowest BCUT2D eigenvalue weighted by Crippen LogP contribution is -2.28. The van der Waals surface area contributed by atoms with E-state index < -0.39 is 15.7 Å². The van der Waals surface area contributed by atoms with E-state index in [0.717, 1.165) is 0 Å². The largest absolute Gasteiger partial charge is 0.340 e. The average molecular weight is 317 g/mol. The van der Waals surface area contributed by atoms with E-state index >= 15 is 0 Å². The maximum Gasteiger partial charge on any atom is 0.335 e. The lowest BCUT2D eigenvalue weighted by atomic mass is 10.0. The van der Waals surface area contributed by atoms with Crippen molar-refractivity contribution < 1.29 is 14.4 Å². The molecule has 7 heteroatoms. The molecule has 0 aromatic rings. The summed E-state index contributed by atoms with van der Waals surface area (Å²) >= 11 is 16.7. The Morgan fingerprint density at radius 2 is 1.94 bits per heavy atom. The molecule has 0 spiro atoms. The summed E-state index contributed by atoms with van der Waals surface area (Å²) in [5, 5.41) is 0. The summed E-state index contributed by atoms with van der Waals surface area (Å²) in [4.78, 5) is 26.7. The molecule has 0 saturated carbocycles. The quantitative estimate of drug-likeness (QED) is 0.481. The topological polar surface area (TPSA) is 55.4 Å². The molecule has 18 heavy (non-hydrogen) atoms. The summed E-state index contributed by atoms with van der Waals surface area (Å²) in [5.41, 5.74) is 2.00. The predicted octanol–water partition coefficient (Wildman–Crippen LogP) is 3.31. The summed E-state index contributed by atoms with van der Waals surface area (Å²) in [7, 11) is 0. The highest BCUT2D eigenvalue weighted by Crippen LogP contribution is 2.30. The highest BCUT2D eigenvalue weighted by molar-refractivity contribution is 6.67. The second-order valence-electron chi connectivity index (χ2n) is 3.71. The Kier molecular flexibility index (Phi) is 8.40. The fourth-order valence-electron chi connectivity index (χ4n) is 1.11. The fraction of sp³-hybridized carbons (Fsp3) is 0.636. The number of carbonyl (C=O) groups excluding carboxylic acids is 2. The third kappa shape index (κ3) is 9.57. The maximum atomic E-state index is 11.5. The van der Waals surface area contributed by atoms with E-state index in [1.165, 1.54) is 6.92 Å². The van der Waals surface area contributed by atoms with E-state index in [2.05, 4.69) is 4.84 Å². The second kappa shape index (κ2) is 8.62. The molecule has 104 valence electrons. The minimum atomic E-state index is -1.32.